The van der Waals surface area contributed by atoms with Gasteiger partial charge in [-0.25, -0.2) is 0 Å². The summed E-state index contributed by atoms with van der Waals surface area (Å²) in [5, 5.41) is 3.67. The van der Waals surface area contributed by atoms with Crippen molar-refractivity contribution in [2.45, 2.75) is 37.6 Å². The molecule has 2 heterocycles. The van der Waals surface area contributed by atoms with Crippen LogP contribution in [0, 0.1) is 0 Å². The van der Waals surface area contributed by atoms with Gasteiger partial charge in [0.2, 0.25) is 0 Å². The van der Waals surface area contributed by atoms with Crippen LogP contribution in [-0.2, 0) is 6.42 Å². The highest BCUT2D eigenvalue weighted by Gasteiger charge is 2.22. The molecule has 2 nitrogen and oxygen atoms in total. The molecule has 100 valence electrons. The summed E-state index contributed by atoms with van der Waals surface area (Å²) in [6, 6.07) is 15.8. The third-order valence-electron chi connectivity index (χ3n) is 4.18. The number of rotatable bonds is 4. The van der Waals surface area contributed by atoms with Crippen molar-refractivity contribution in [2.75, 3.05) is 6.54 Å². The molecule has 1 aliphatic rings. The highest BCUT2D eigenvalue weighted by atomic mass is 14.9. The van der Waals surface area contributed by atoms with E-state index < -0.39 is 0 Å². The minimum Gasteiger partial charge on any atom is -0.365 e. The number of hydrogen-bond donors (Lipinski definition) is 2. The number of piperidine rings is 1. The lowest BCUT2D eigenvalue weighted by atomic mass is 9.87. The Morgan fingerprint density at radius 3 is 2.74 bits per heavy atom. The van der Waals surface area contributed by atoms with Crippen LogP contribution >= 0.6 is 0 Å². The number of benzene rings is 1. The van der Waals surface area contributed by atoms with Crippen molar-refractivity contribution in [3.05, 3.63) is 59.9 Å². The van der Waals surface area contributed by atoms with E-state index in [9.17, 15) is 0 Å². The van der Waals surface area contributed by atoms with Crippen LogP contribution in [0.5, 0.6) is 0 Å². The zero-order valence-electron chi connectivity index (χ0n) is 11.3. The van der Waals surface area contributed by atoms with Crippen LogP contribution in [0.1, 0.15) is 36.4 Å². The van der Waals surface area contributed by atoms with E-state index in [0.29, 0.717) is 12.0 Å². The second-order valence-corrected chi connectivity index (χ2v) is 5.52. The van der Waals surface area contributed by atoms with Gasteiger partial charge < -0.3 is 10.3 Å². The van der Waals surface area contributed by atoms with Gasteiger partial charge >= 0.3 is 0 Å². The van der Waals surface area contributed by atoms with Crippen LogP contribution < -0.4 is 5.32 Å². The Morgan fingerprint density at radius 1 is 1.05 bits per heavy atom. The van der Waals surface area contributed by atoms with Crippen LogP contribution in [0.4, 0.5) is 0 Å². The Hall–Kier alpha value is -1.54. The summed E-state index contributed by atoms with van der Waals surface area (Å²) in [6.45, 7) is 1.14. The first kappa shape index (κ1) is 12.5. The molecule has 2 N–H and O–H groups in total. The van der Waals surface area contributed by atoms with Gasteiger partial charge in [0, 0.05) is 23.9 Å². The quantitative estimate of drug-likeness (QED) is 0.859. The van der Waals surface area contributed by atoms with E-state index in [1.54, 1.807) is 0 Å². The average Bonchev–Trinajstić information content (AvgIpc) is 3.01. The predicted molar refractivity (Wildman–Crippen MR) is 79.3 cm³/mol. The second-order valence-electron chi connectivity index (χ2n) is 5.52. The van der Waals surface area contributed by atoms with Gasteiger partial charge in [-0.1, -0.05) is 30.3 Å². The van der Waals surface area contributed by atoms with Crippen LogP contribution in [0.2, 0.25) is 0 Å². The molecule has 0 saturated carbocycles. The maximum Gasteiger partial charge on any atom is 0.0179 e. The Balaban J connectivity index is 1.54. The van der Waals surface area contributed by atoms with Gasteiger partial charge in [-0.05, 0) is 49.9 Å². The fourth-order valence-corrected chi connectivity index (χ4v) is 3.09. The topological polar surface area (TPSA) is 27.8 Å². The average molecular weight is 254 g/mol. The summed E-state index contributed by atoms with van der Waals surface area (Å²) in [6.07, 6.45) is 6.96. The van der Waals surface area contributed by atoms with E-state index in [2.05, 4.69) is 52.8 Å². The number of aryl methyl sites for hydroxylation is 1. The maximum absolute atomic E-state index is 3.67. The van der Waals surface area contributed by atoms with E-state index in [0.717, 1.165) is 6.54 Å². The van der Waals surface area contributed by atoms with Gasteiger partial charge in [0.05, 0.1) is 0 Å². The zero-order chi connectivity index (χ0) is 12.9. The Morgan fingerprint density at radius 2 is 1.95 bits per heavy atom. The highest BCUT2D eigenvalue weighted by molar-refractivity contribution is 5.15. The molecule has 2 unspecified atom stereocenters. The number of hydrogen-bond acceptors (Lipinski definition) is 1. The molecule has 2 atom stereocenters. The highest BCUT2D eigenvalue weighted by Crippen LogP contribution is 2.27. The summed E-state index contributed by atoms with van der Waals surface area (Å²) in [4.78, 5) is 3.37. The molecule has 0 radical (unpaired) electrons. The molecule has 0 aliphatic carbocycles. The molecule has 0 amide bonds. The molecule has 1 aliphatic heterocycles. The molecule has 19 heavy (non-hydrogen) atoms. The van der Waals surface area contributed by atoms with E-state index in [1.807, 2.05) is 6.20 Å². The zero-order valence-corrected chi connectivity index (χ0v) is 11.3. The van der Waals surface area contributed by atoms with E-state index in [4.69, 9.17) is 0 Å². The minimum atomic E-state index is 0.655. The number of nitrogens with one attached hydrogen (secondary N) is 2. The third-order valence-corrected chi connectivity index (χ3v) is 4.18. The molecular formula is C17H22N2. The third kappa shape index (κ3) is 3.27. The smallest absolute Gasteiger partial charge is 0.0179 e. The molecule has 2 heteroatoms. The van der Waals surface area contributed by atoms with Crippen molar-refractivity contribution in [3.63, 3.8) is 0 Å². The SMILES string of the molecule is c1ccc(CCC2CC(c3ccc[nH]3)CCN2)cc1. The van der Waals surface area contributed by atoms with Crippen molar-refractivity contribution in [1.82, 2.24) is 10.3 Å². The normalized spacial score (nSPS) is 23.4. The lowest BCUT2D eigenvalue weighted by molar-refractivity contribution is 0.344. The van der Waals surface area contributed by atoms with Gasteiger partial charge in [-0.3, -0.25) is 0 Å². The molecule has 1 aromatic heterocycles. The first-order chi connectivity index (χ1) is 9.42. The Bertz CT molecular complexity index is 475. The van der Waals surface area contributed by atoms with Gasteiger partial charge in [-0.15, -0.1) is 0 Å². The molecule has 0 bridgehead atoms. The van der Waals surface area contributed by atoms with Gasteiger partial charge in [0.1, 0.15) is 0 Å². The van der Waals surface area contributed by atoms with Crippen LogP contribution in [-0.4, -0.2) is 17.6 Å². The van der Waals surface area contributed by atoms with E-state index in [1.165, 1.54) is 36.9 Å². The summed E-state index contributed by atoms with van der Waals surface area (Å²) >= 11 is 0. The molecule has 0 spiro atoms. The summed E-state index contributed by atoms with van der Waals surface area (Å²) < 4.78 is 0. The second kappa shape index (κ2) is 6.07. The lowest BCUT2D eigenvalue weighted by Crippen LogP contribution is -2.37. The fraction of sp³-hybridized carbons (Fsp3) is 0.412. The van der Waals surface area contributed by atoms with E-state index >= 15 is 0 Å². The fourth-order valence-electron chi connectivity index (χ4n) is 3.09. The first-order valence-corrected chi connectivity index (χ1v) is 7.32. The van der Waals surface area contributed by atoms with E-state index in [-0.39, 0.29) is 0 Å². The van der Waals surface area contributed by atoms with Crippen molar-refractivity contribution in [2.24, 2.45) is 0 Å². The largest absolute Gasteiger partial charge is 0.365 e. The maximum atomic E-state index is 3.67. The van der Waals surface area contributed by atoms with Crippen molar-refractivity contribution >= 4 is 0 Å². The Kier molecular flexibility index (Phi) is 3.99. The van der Waals surface area contributed by atoms with Crippen LogP contribution in [0.25, 0.3) is 0 Å². The van der Waals surface area contributed by atoms with Crippen molar-refractivity contribution in [3.8, 4) is 0 Å². The molecule has 3 rings (SSSR count). The van der Waals surface area contributed by atoms with Crippen molar-refractivity contribution in [1.29, 1.82) is 0 Å². The summed E-state index contributed by atoms with van der Waals surface area (Å²) in [5.41, 5.74) is 2.86. The number of aromatic amines is 1. The number of aromatic nitrogens is 1. The Labute approximate surface area is 115 Å². The van der Waals surface area contributed by atoms with Gasteiger partial charge in [0.15, 0.2) is 0 Å². The molecule has 1 aromatic carbocycles. The predicted octanol–water partition coefficient (Wildman–Crippen LogP) is 3.48. The molecule has 1 fully saturated rings. The first-order valence-electron chi connectivity index (χ1n) is 7.32. The van der Waals surface area contributed by atoms with Crippen LogP contribution in [0.3, 0.4) is 0 Å². The minimum absolute atomic E-state index is 0.655. The monoisotopic (exact) mass is 254 g/mol. The summed E-state index contributed by atoms with van der Waals surface area (Å²) in [5.74, 6) is 0.706. The molecule has 1 saturated heterocycles. The molecule has 2 aromatic rings. The number of H-pyrrole nitrogens is 1. The summed E-state index contributed by atoms with van der Waals surface area (Å²) in [7, 11) is 0. The van der Waals surface area contributed by atoms with Gasteiger partial charge in [0.25, 0.3) is 0 Å². The van der Waals surface area contributed by atoms with Crippen LogP contribution in [0.15, 0.2) is 48.7 Å². The van der Waals surface area contributed by atoms with Crippen molar-refractivity contribution < 1.29 is 0 Å². The lowest BCUT2D eigenvalue weighted by Gasteiger charge is -2.30. The standard InChI is InChI=1S/C17H22N2/c1-2-5-14(6-3-1)8-9-16-13-15(10-12-18-16)17-7-4-11-19-17/h1-7,11,15-16,18-19H,8-10,12-13H2. The molecular weight excluding hydrogens is 232 g/mol. The van der Waals surface area contributed by atoms with Gasteiger partial charge in [-0.2, -0.15) is 0 Å².